The first kappa shape index (κ1) is 21.3. The molecule has 1 fully saturated rings. The number of amides is 2. The molecular weight excluding hydrogens is 393 g/mol. The molecule has 1 N–H and O–H groups in total. The van der Waals surface area contributed by atoms with Gasteiger partial charge in [-0.3, -0.25) is 14.5 Å². The minimum absolute atomic E-state index is 0.0148. The number of carbonyl (C=O) groups is 2. The number of ether oxygens (including phenoxy) is 1. The van der Waals surface area contributed by atoms with Crippen molar-refractivity contribution in [1.82, 2.24) is 15.1 Å². The smallest absolute Gasteiger partial charge is 0.260 e. The summed E-state index contributed by atoms with van der Waals surface area (Å²) in [6.07, 6.45) is 0.840. The van der Waals surface area contributed by atoms with Crippen LogP contribution in [-0.2, 0) is 16.0 Å². The van der Waals surface area contributed by atoms with Gasteiger partial charge in [-0.2, -0.15) is 0 Å². The largest absolute Gasteiger partial charge is 0.484 e. The van der Waals surface area contributed by atoms with E-state index in [1.54, 1.807) is 16.2 Å². The zero-order valence-corrected chi connectivity index (χ0v) is 17.3. The molecule has 1 aliphatic heterocycles. The molecule has 0 bridgehead atoms. The summed E-state index contributed by atoms with van der Waals surface area (Å²) in [6, 6.07) is 9.44. The van der Waals surface area contributed by atoms with Crippen LogP contribution in [-0.4, -0.2) is 67.0 Å². The zero-order valence-electron chi connectivity index (χ0n) is 16.5. The summed E-state index contributed by atoms with van der Waals surface area (Å²) in [5.74, 6) is 0.0266. The van der Waals surface area contributed by atoms with Gasteiger partial charge >= 0.3 is 0 Å². The topological polar surface area (TPSA) is 61.9 Å². The molecule has 3 rings (SSSR count). The van der Waals surface area contributed by atoms with Gasteiger partial charge in [0.1, 0.15) is 11.6 Å². The Balaban J connectivity index is 1.36. The highest BCUT2D eigenvalue weighted by atomic mass is 32.1. The second-order valence-corrected chi connectivity index (χ2v) is 7.99. The lowest BCUT2D eigenvalue weighted by molar-refractivity contribution is -0.136. The van der Waals surface area contributed by atoms with E-state index in [9.17, 15) is 14.0 Å². The van der Waals surface area contributed by atoms with E-state index in [0.717, 1.165) is 6.42 Å². The molecule has 1 aromatic carbocycles. The Bertz CT molecular complexity index is 790. The third-order valence-electron chi connectivity index (χ3n) is 5.02. The van der Waals surface area contributed by atoms with Crippen molar-refractivity contribution in [2.45, 2.75) is 19.4 Å². The molecule has 0 aliphatic carbocycles. The van der Waals surface area contributed by atoms with Gasteiger partial charge in [0.15, 0.2) is 6.61 Å². The number of rotatable bonds is 8. The molecule has 2 heterocycles. The lowest BCUT2D eigenvalue weighted by Gasteiger charge is -2.37. The lowest BCUT2D eigenvalue weighted by Crippen LogP contribution is -2.55. The van der Waals surface area contributed by atoms with Crippen molar-refractivity contribution in [1.29, 1.82) is 0 Å². The minimum atomic E-state index is -0.343. The second kappa shape index (κ2) is 10.4. The van der Waals surface area contributed by atoms with Gasteiger partial charge in [-0.25, -0.2) is 4.39 Å². The van der Waals surface area contributed by atoms with Crippen molar-refractivity contribution in [2.75, 3.05) is 39.3 Å². The number of hydrogen-bond acceptors (Lipinski definition) is 5. The maximum Gasteiger partial charge on any atom is 0.260 e. The Morgan fingerprint density at radius 3 is 2.55 bits per heavy atom. The molecule has 1 unspecified atom stereocenters. The van der Waals surface area contributed by atoms with Crippen molar-refractivity contribution in [2.24, 2.45) is 0 Å². The van der Waals surface area contributed by atoms with E-state index in [4.69, 9.17) is 4.74 Å². The van der Waals surface area contributed by atoms with Gasteiger partial charge in [-0.15, -0.1) is 11.3 Å². The number of hydrogen-bond donors (Lipinski definition) is 1. The first-order chi connectivity index (χ1) is 14.0. The Labute approximate surface area is 174 Å². The maximum atomic E-state index is 12.9. The van der Waals surface area contributed by atoms with Crippen LogP contribution in [0.1, 0.15) is 11.8 Å². The van der Waals surface area contributed by atoms with Crippen molar-refractivity contribution >= 4 is 23.2 Å². The summed E-state index contributed by atoms with van der Waals surface area (Å²) in [5, 5.41) is 5.03. The highest BCUT2D eigenvalue weighted by molar-refractivity contribution is 7.09. The molecule has 6 nitrogen and oxygen atoms in total. The molecule has 8 heteroatoms. The summed E-state index contributed by atoms with van der Waals surface area (Å²) in [7, 11) is 0. The van der Waals surface area contributed by atoms with Crippen LogP contribution in [0.5, 0.6) is 5.75 Å². The average molecular weight is 420 g/mol. The fraction of sp³-hybridized carbons (Fsp3) is 0.429. The Hall–Kier alpha value is -2.45. The highest BCUT2D eigenvalue weighted by Gasteiger charge is 2.27. The molecule has 0 spiro atoms. The van der Waals surface area contributed by atoms with Gasteiger partial charge in [0.2, 0.25) is 5.91 Å². The van der Waals surface area contributed by atoms with E-state index in [1.165, 1.54) is 29.1 Å². The third-order valence-corrected chi connectivity index (χ3v) is 5.96. The van der Waals surface area contributed by atoms with Gasteiger partial charge in [-0.1, -0.05) is 6.07 Å². The summed E-state index contributed by atoms with van der Waals surface area (Å²) in [4.78, 5) is 29.8. The van der Waals surface area contributed by atoms with E-state index in [-0.39, 0.29) is 30.3 Å². The molecule has 1 atom stereocenters. The quantitative estimate of drug-likeness (QED) is 0.712. The van der Waals surface area contributed by atoms with Crippen LogP contribution in [0.25, 0.3) is 0 Å². The number of benzene rings is 1. The Morgan fingerprint density at radius 2 is 1.90 bits per heavy atom. The third kappa shape index (κ3) is 6.27. The van der Waals surface area contributed by atoms with Crippen LogP contribution >= 0.6 is 11.3 Å². The zero-order chi connectivity index (χ0) is 20.6. The standard InChI is InChI=1S/C21H26FN3O3S/c1-16(21(27)23-9-8-19-3-2-14-29-19)24-10-12-25(13-11-24)20(26)15-28-18-6-4-17(22)5-7-18/h2-7,14,16H,8-13,15H2,1H3,(H,23,27). The fourth-order valence-electron chi connectivity index (χ4n) is 3.20. The number of nitrogens with zero attached hydrogens (tertiary/aromatic N) is 2. The van der Waals surface area contributed by atoms with Crippen LogP contribution in [0, 0.1) is 5.82 Å². The lowest BCUT2D eigenvalue weighted by atomic mass is 10.2. The summed E-state index contributed by atoms with van der Waals surface area (Å²) >= 11 is 1.69. The van der Waals surface area contributed by atoms with Crippen LogP contribution in [0.2, 0.25) is 0 Å². The first-order valence-corrected chi connectivity index (χ1v) is 10.6. The maximum absolute atomic E-state index is 12.9. The number of halogens is 1. The molecule has 156 valence electrons. The molecule has 0 saturated carbocycles. The number of thiophene rings is 1. The van der Waals surface area contributed by atoms with Gasteiger partial charge in [0, 0.05) is 37.6 Å². The molecule has 0 radical (unpaired) electrons. The average Bonchev–Trinajstić information content (AvgIpc) is 3.26. The molecular formula is C21H26FN3O3S. The SMILES string of the molecule is CC(C(=O)NCCc1cccs1)N1CCN(C(=O)COc2ccc(F)cc2)CC1. The number of nitrogens with one attached hydrogen (secondary N) is 1. The Kier molecular flexibility index (Phi) is 7.60. The van der Waals surface area contributed by atoms with Gasteiger partial charge in [0.05, 0.1) is 6.04 Å². The first-order valence-electron chi connectivity index (χ1n) is 9.73. The van der Waals surface area contributed by atoms with Gasteiger partial charge in [-0.05, 0) is 49.1 Å². The molecule has 2 amide bonds. The molecule has 2 aromatic rings. The summed E-state index contributed by atoms with van der Waals surface area (Å²) < 4.78 is 18.3. The van der Waals surface area contributed by atoms with Crippen LogP contribution in [0.15, 0.2) is 41.8 Å². The minimum Gasteiger partial charge on any atom is -0.484 e. The van der Waals surface area contributed by atoms with E-state index in [1.807, 2.05) is 18.4 Å². The van der Waals surface area contributed by atoms with Crippen LogP contribution in [0.4, 0.5) is 4.39 Å². The number of carbonyl (C=O) groups excluding carboxylic acids is 2. The van der Waals surface area contributed by atoms with E-state index in [2.05, 4.69) is 16.3 Å². The molecule has 1 aliphatic rings. The van der Waals surface area contributed by atoms with Crippen molar-refractivity contribution in [3.05, 3.63) is 52.5 Å². The highest BCUT2D eigenvalue weighted by Crippen LogP contribution is 2.12. The monoisotopic (exact) mass is 419 g/mol. The summed E-state index contributed by atoms with van der Waals surface area (Å²) in [6.45, 7) is 4.84. The van der Waals surface area contributed by atoms with Gasteiger partial charge in [0.25, 0.3) is 5.91 Å². The van der Waals surface area contributed by atoms with Crippen molar-refractivity contribution < 1.29 is 18.7 Å². The predicted molar refractivity (Wildman–Crippen MR) is 111 cm³/mol. The van der Waals surface area contributed by atoms with E-state index in [0.29, 0.717) is 38.5 Å². The van der Waals surface area contributed by atoms with Crippen molar-refractivity contribution in [3.8, 4) is 5.75 Å². The van der Waals surface area contributed by atoms with E-state index >= 15 is 0 Å². The van der Waals surface area contributed by atoms with E-state index < -0.39 is 0 Å². The Morgan fingerprint density at radius 1 is 1.17 bits per heavy atom. The molecule has 29 heavy (non-hydrogen) atoms. The van der Waals surface area contributed by atoms with Crippen LogP contribution in [0.3, 0.4) is 0 Å². The fourth-order valence-corrected chi connectivity index (χ4v) is 3.91. The summed E-state index contributed by atoms with van der Waals surface area (Å²) in [5.41, 5.74) is 0. The van der Waals surface area contributed by atoms with Gasteiger partial charge < -0.3 is 15.0 Å². The second-order valence-electron chi connectivity index (χ2n) is 6.96. The predicted octanol–water partition coefficient (Wildman–Crippen LogP) is 2.16. The number of piperazine rings is 1. The molecule has 1 saturated heterocycles. The van der Waals surface area contributed by atoms with Crippen molar-refractivity contribution in [3.63, 3.8) is 0 Å². The van der Waals surface area contributed by atoms with Crippen LogP contribution < -0.4 is 10.1 Å². The normalized spacial score (nSPS) is 15.7. The molecule has 1 aromatic heterocycles.